The normalized spacial score (nSPS) is 12.1. The lowest BCUT2D eigenvalue weighted by atomic mass is 9.90. The van der Waals surface area contributed by atoms with E-state index in [1.165, 1.54) is 0 Å². The van der Waals surface area contributed by atoms with Crippen LogP contribution in [0, 0.1) is 0 Å². The summed E-state index contributed by atoms with van der Waals surface area (Å²) in [5.41, 5.74) is 1.76. The molecular formula is C13H24N2O. The lowest BCUT2D eigenvalue weighted by Gasteiger charge is -2.19. The molecule has 0 saturated heterocycles. The van der Waals surface area contributed by atoms with Crippen LogP contribution in [0.25, 0.3) is 0 Å². The topological polar surface area (TPSA) is 38.0 Å². The van der Waals surface area contributed by atoms with Crippen molar-refractivity contribution in [1.82, 2.24) is 9.78 Å². The Balaban J connectivity index is 3.11. The SMILES string of the molecule is CCCCc1nn(CC)c(C(C)(C)C)c1O. The number of hydrogen-bond acceptors (Lipinski definition) is 2. The van der Waals surface area contributed by atoms with Crippen LogP contribution in [-0.4, -0.2) is 14.9 Å². The molecule has 0 bridgehead atoms. The van der Waals surface area contributed by atoms with E-state index in [1.807, 2.05) is 4.68 Å². The quantitative estimate of drug-likeness (QED) is 0.852. The Morgan fingerprint density at radius 2 is 1.88 bits per heavy atom. The molecule has 0 fully saturated rings. The van der Waals surface area contributed by atoms with Gasteiger partial charge in [0.1, 0.15) is 5.69 Å². The third-order valence-electron chi connectivity index (χ3n) is 2.77. The molecule has 0 unspecified atom stereocenters. The molecule has 1 rings (SSSR count). The van der Waals surface area contributed by atoms with Crippen LogP contribution in [0.1, 0.15) is 58.8 Å². The molecule has 0 amide bonds. The lowest BCUT2D eigenvalue weighted by Crippen LogP contribution is -2.18. The van der Waals surface area contributed by atoms with E-state index in [-0.39, 0.29) is 5.41 Å². The highest BCUT2D eigenvalue weighted by Crippen LogP contribution is 2.33. The maximum Gasteiger partial charge on any atom is 0.160 e. The Hall–Kier alpha value is -0.990. The molecular weight excluding hydrogens is 200 g/mol. The largest absolute Gasteiger partial charge is 0.504 e. The minimum atomic E-state index is -0.0580. The standard InChI is InChI=1S/C13H24N2O/c1-6-8-9-10-11(16)12(13(3,4)5)15(7-2)14-10/h16H,6-9H2,1-5H3. The second-order valence-corrected chi connectivity index (χ2v) is 5.31. The van der Waals surface area contributed by atoms with E-state index in [9.17, 15) is 5.11 Å². The second-order valence-electron chi connectivity index (χ2n) is 5.31. The van der Waals surface area contributed by atoms with Crippen LogP contribution in [0.4, 0.5) is 0 Å². The Kier molecular flexibility index (Phi) is 4.00. The van der Waals surface area contributed by atoms with Gasteiger partial charge in [0.25, 0.3) is 0 Å². The molecule has 0 spiro atoms. The molecule has 92 valence electrons. The average molecular weight is 224 g/mol. The maximum absolute atomic E-state index is 10.2. The molecule has 1 N–H and O–H groups in total. The van der Waals surface area contributed by atoms with Gasteiger partial charge in [-0.05, 0) is 19.8 Å². The first-order chi connectivity index (χ1) is 7.41. The molecule has 1 heterocycles. The van der Waals surface area contributed by atoms with Gasteiger partial charge in [-0.2, -0.15) is 5.10 Å². The molecule has 0 atom stereocenters. The van der Waals surface area contributed by atoms with Gasteiger partial charge in [-0.25, -0.2) is 0 Å². The number of rotatable bonds is 4. The summed E-state index contributed by atoms with van der Waals surface area (Å²) >= 11 is 0. The van der Waals surface area contributed by atoms with E-state index in [1.54, 1.807) is 0 Å². The zero-order valence-electron chi connectivity index (χ0n) is 11.2. The smallest absolute Gasteiger partial charge is 0.160 e. The highest BCUT2D eigenvalue weighted by molar-refractivity contribution is 5.36. The van der Waals surface area contributed by atoms with Gasteiger partial charge in [0.15, 0.2) is 5.75 Å². The third-order valence-corrected chi connectivity index (χ3v) is 2.77. The predicted molar refractivity (Wildman–Crippen MR) is 66.9 cm³/mol. The van der Waals surface area contributed by atoms with E-state index in [2.05, 4.69) is 39.7 Å². The molecule has 16 heavy (non-hydrogen) atoms. The molecule has 0 radical (unpaired) electrons. The van der Waals surface area contributed by atoms with E-state index >= 15 is 0 Å². The van der Waals surface area contributed by atoms with Gasteiger partial charge in [0, 0.05) is 12.0 Å². The van der Waals surface area contributed by atoms with Crippen molar-refractivity contribution < 1.29 is 5.11 Å². The minimum absolute atomic E-state index is 0.0580. The molecule has 0 aromatic carbocycles. The molecule has 0 aliphatic carbocycles. The molecule has 3 nitrogen and oxygen atoms in total. The summed E-state index contributed by atoms with van der Waals surface area (Å²) in [7, 11) is 0. The van der Waals surface area contributed by atoms with Crippen molar-refractivity contribution in [3.63, 3.8) is 0 Å². The zero-order chi connectivity index (χ0) is 12.3. The highest BCUT2D eigenvalue weighted by atomic mass is 16.3. The van der Waals surface area contributed by atoms with E-state index in [0.29, 0.717) is 5.75 Å². The molecule has 0 aliphatic heterocycles. The van der Waals surface area contributed by atoms with Gasteiger partial charge in [0.2, 0.25) is 0 Å². The summed E-state index contributed by atoms with van der Waals surface area (Å²) < 4.78 is 1.93. The number of nitrogens with zero attached hydrogens (tertiary/aromatic N) is 2. The number of aromatic hydroxyl groups is 1. The molecule has 0 saturated carbocycles. The van der Waals surface area contributed by atoms with Crippen molar-refractivity contribution in [2.45, 2.75) is 65.8 Å². The highest BCUT2D eigenvalue weighted by Gasteiger charge is 2.26. The lowest BCUT2D eigenvalue weighted by molar-refractivity contribution is 0.425. The average Bonchev–Trinajstić information content (AvgIpc) is 2.51. The Morgan fingerprint density at radius 1 is 1.25 bits per heavy atom. The zero-order valence-corrected chi connectivity index (χ0v) is 11.2. The fourth-order valence-corrected chi connectivity index (χ4v) is 1.99. The molecule has 1 aromatic rings. The van der Waals surface area contributed by atoms with E-state index in [0.717, 1.165) is 37.2 Å². The van der Waals surface area contributed by atoms with Crippen molar-refractivity contribution in [3.8, 4) is 5.75 Å². The number of aryl methyl sites for hydroxylation is 2. The third kappa shape index (κ3) is 2.57. The van der Waals surface area contributed by atoms with Crippen molar-refractivity contribution in [1.29, 1.82) is 0 Å². The van der Waals surface area contributed by atoms with Gasteiger partial charge in [-0.15, -0.1) is 0 Å². The van der Waals surface area contributed by atoms with Crippen LogP contribution in [0.3, 0.4) is 0 Å². The second kappa shape index (κ2) is 4.89. The first-order valence-corrected chi connectivity index (χ1v) is 6.20. The van der Waals surface area contributed by atoms with Crippen LogP contribution < -0.4 is 0 Å². The van der Waals surface area contributed by atoms with Gasteiger partial charge >= 0.3 is 0 Å². The van der Waals surface area contributed by atoms with Crippen molar-refractivity contribution in [2.75, 3.05) is 0 Å². The van der Waals surface area contributed by atoms with Crippen molar-refractivity contribution >= 4 is 0 Å². The Morgan fingerprint density at radius 3 is 2.25 bits per heavy atom. The summed E-state index contributed by atoms with van der Waals surface area (Å²) in [5.74, 6) is 0.405. The number of unbranched alkanes of at least 4 members (excludes halogenated alkanes) is 1. The van der Waals surface area contributed by atoms with E-state index in [4.69, 9.17) is 0 Å². The van der Waals surface area contributed by atoms with Crippen LogP contribution >= 0.6 is 0 Å². The van der Waals surface area contributed by atoms with Crippen molar-refractivity contribution in [2.24, 2.45) is 0 Å². The monoisotopic (exact) mass is 224 g/mol. The molecule has 1 aromatic heterocycles. The molecule has 3 heteroatoms. The van der Waals surface area contributed by atoms with Crippen LogP contribution in [-0.2, 0) is 18.4 Å². The molecule has 0 aliphatic rings. The fourth-order valence-electron chi connectivity index (χ4n) is 1.99. The van der Waals surface area contributed by atoms with Crippen LogP contribution in [0.2, 0.25) is 0 Å². The van der Waals surface area contributed by atoms with Gasteiger partial charge in [-0.1, -0.05) is 34.1 Å². The Labute approximate surface area is 98.5 Å². The van der Waals surface area contributed by atoms with Gasteiger partial charge < -0.3 is 5.11 Å². The van der Waals surface area contributed by atoms with Gasteiger partial charge in [-0.3, -0.25) is 4.68 Å². The van der Waals surface area contributed by atoms with Crippen molar-refractivity contribution in [3.05, 3.63) is 11.4 Å². The summed E-state index contributed by atoms with van der Waals surface area (Å²) in [5, 5.41) is 14.7. The van der Waals surface area contributed by atoms with Crippen LogP contribution in [0.5, 0.6) is 5.75 Å². The minimum Gasteiger partial charge on any atom is -0.504 e. The predicted octanol–water partition coefficient (Wildman–Crippen LogP) is 3.25. The maximum atomic E-state index is 10.2. The summed E-state index contributed by atoms with van der Waals surface area (Å²) in [6.45, 7) is 11.4. The number of hydrogen-bond donors (Lipinski definition) is 1. The number of aromatic nitrogens is 2. The Bertz CT molecular complexity index is 348. The fraction of sp³-hybridized carbons (Fsp3) is 0.769. The summed E-state index contributed by atoms with van der Waals surface area (Å²) in [6, 6.07) is 0. The van der Waals surface area contributed by atoms with Crippen LogP contribution in [0.15, 0.2) is 0 Å². The summed E-state index contributed by atoms with van der Waals surface area (Å²) in [4.78, 5) is 0. The summed E-state index contributed by atoms with van der Waals surface area (Å²) in [6.07, 6.45) is 3.08. The van der Waals surface area contributed by atoms with Gasteiger partial charge in [0.05, 0.1) is 5.69 Å². The van der Waals surface area contributed by atoms with E-state index < -0.39 is 0 Å². The first-order valence-electron chi connectivity index (χ1n) is 6.20. The first kappa shape index (κ1) is 13.1.